The van der Waals surface area contributed by atoms with E-state index < -0.39 is 0 Å². The summed E-state index contributed by atoms with van der Waals surface area (Å²) in [6, 6.07) is 18.2. The van der Waals surface area contributed by atoms with Crippen molar-refractivity contribution in [2.75, 3.05) is 7.11 Å². The van der Waals surface area contributed by atoms with Crippen molar-refractivity contribution in [1.29, 1.82) is 5.26 Å². The summed E-state index contributed by atoms with van der Waals surface area (Å²) in [6.07, 6.45) is 3.69. The quantitative estimate of drug-likeness (QED) is 0.459. The Kier molecular flexibility index (Phi) is 5.81. The molecule has 2 heterocycles. The maximum absolute atomic E-state index is 9.21. The number of hydrogen-bond donors (Lipinski definition) is 0. The smallest absolute Gasteiger partial charge is 0.144 e. The van der Waals surface area contributed by atoms with Crippen molar-refractivity contribution in [3.8, 4) is 28.8 Å². The minimum Gasteiger partial charge on any atom is -0.494 e. The summed E-state index contributed by atoms with van der Waals surface area (Å²) < 4.78 is 9.88. The second-order valence-corrected chi connectivity index (χ2v) is 7.93. The molecule has 0 amide bonds. The van der Waals surface area contributed by atoms with E-state index in [4.69, 9.17) is 9.84 Å². The van der Waals surface area contributed by atoms with Crippen LogP contribution in [0.1, 0.15) is 34.3 Å². The minimum absolute atomic E-state index is 0. The highest BCUT2D eigenvalue weighted by atomic mass is 32.1. The maximum atomic E-state index is 9.21. The second-order valence-electron chi connectivity index (χ2n) is 7.93. The van der Waals surface area contributed by atoms with Crippen molar-refractivity contribution in [3.05, 3.63) is 83.1 Å². The van der Waals surface area contributed by atoms with Gasteiger partial charge in [-0.25, -0.2) is 9.67 Å². The summed E-state index contributed by atoms with van der Waals surface area (Å²) in [7, 11) is 1.68. The van der Waals surface area contributed by atoms with E-state index >= 15 is 0 Å². The molecule has 1 aliphatic carbocycles. The average molecular weight is 444 g/mol. The number of methoxy groups -OCH3 is 1. The van der Waals surface area contributed by atoms with E-state index in [1.807, 2.05) is 66.5 Å². The third kappa shape index (κ3) is 3.47. The van der Waals surface area contributed by atoms with E-state index in [1.165, 1.54) is 11.3 Å². The lowest BCUT2D eigenvalue weighted by molar-refractivity contribution is 0.411. The van der Waals surface area contributed by atoms with Crippen LogP contribution in [0.25, 0.3) is 16.9 Å². The molecule has 162 valence electrons. The number of imidazole rings is 1. The van der Waals surface area contributed by atoms with E-state index in [2.05, 4.69) is 22.5 Å². The Morgan fingerprint density at radius 1 is 1.06 bits per heavy atom. The molecule has 0 spiro atoms. The molecule has 5 rings (SSSR count). The number of rotatable bonds is 4. The number of ether oxygens (including phenoxy) is 1. The molecule has 0 radical (unpaired) electrons. The van der Waals surface area contributed by atoms with Crippen molar-refractivity contribution in [2.45, 2.75) is 32.7 Å². The second kappa shape index (κ2) is 8.56. The van der Waals surface area contributed by atoms with Crippen LogP contribution in [0.2, 0.25) is 0 Å². The van der Waals surface area contributed by atoms with E-state index in [-0.39, 0.29) is 13.5 Å². The Balaban J connectivity index is 0.00000245. The summed E-state index contributed by atoms with van der Waals surface area (Å²) in [5, 5.41) is 14.2. The molecule has 1 aliphatic rings. The highest BCUT2D eigenvalue weighted by Gasteiger charge is 2.32. The van der Waals surface area contributed by atoms with Gasteiger partial charge in [-0.15, -0.1) is 0 Å². The highest BCUT2D eigenvalue weighted by molar-refractivity contribution is 7.59. The summed E-state index contributed by atoms with van der Waals surface area (Å²) in [5.74, 6) is 0.774. The summed E-state index contributed by atoms with van der Waals surface area (Å²) in [4.78, 5) is 4.49. The van der Waals surface area contributed by atoms with Crippen LogP contribution in [0.5, 0.6) is 5.75 Å². The summed E-state index contributed by atoms with van der Waals surface area (Å²) >= 11 is 0. The Labute approximate surface area is 194 Å². The lowest BCUT2D eigenvalue weighted by Crippen LogP contribution is -2.12. The van der Waals surface area contributed by atoms with Gasteiger partial charge in [0, 0.05) is 29.3 Å². The van der Waals surface area contributed by atoms with Gasteiger partial charge in [0.25, 0.3) is 0 Å². The molecule has 32 heavy (non-hydrogen) atoms. The van der Waals surface area contributed by atoms with Gasteiger partial charge in [0.05, 0.1) is 42.2 Å². The number of hydrogen-bond acceptors (Lipinski definition) is 4. The third-order valence-electron chi connectivity index (χ3n) is 6.22. The van der Waals surface area contributed by atoms with Crippen LogP contribution in [0.4, 0.5) is 0 Å². The lowest BCUT2D eigenvalue weighted by atomic mass is 10.0. The molecule has 0 saturated heterocycles. The molecule has 2 aromatic heterocycles. The van der Waals surface area contributed by atoms with Crippen molar-refractivity contribution in [3.63, 3.8) is 0 Å². The van der Waals surface area contributed by atoms with Crippen molar-refractivity contribution in [2.24, 2.45) is 0 Å². The van der Waals surface area contributed by atoms with Crippen molar-refractivity contribution >= 4 is 13.5 Å². The van der Waals surface area contributed by atoms with Gasteiger partial charge in [-0.05, 0) is 44.5 Å². The van der Waals surface area contributed by atoms with Crippen molar-refractivity contribution < 1.29 is 4.74 Å². The topological polar surface area (TPSA) is 68.7 Å². The summed E-state index contributed by atoms with van der Waals surface area (Å²) in [5.41, 5.74) is 8.26. The zero-order valence-electron chi connectivity index (χ0n) is 18.3. The van der Waals surface area contributed by atoms with Gasteiger partial charge in [-0.3, -0.25) is 0 Å². The number of aromatic nitrogens is 4. The first-order valence-electron chi connectivity index (χ1n) is 10.4. The summed E-state index contributed by atoms with van der Waals surface area (Å²) in [6.45, 7) is 4.17. The molecule has 2 aromatic carbocycles. The Bertz CT molecular complexity index is 1310. The molecule has 0 unspecified atom stereocenters. The fourth-order valence-corrected chi connectivity index (χ4v) is 4.46. The fraction of sp³-hybridized carbons (Fsp3) is 0.240. The van der Waals surface area contributed by atoms with E-state index in [0.29, 0.717) is 11.6 Å². The van der Waals surface area contributed by atoms with Gasteiger partial charge in [0.2, 0.25) is 0 Å². The number of para-hydroxylation sites is 2. The van der Waals surface area contributed by atoms with Crippen LogP contribution in [0.15, 0.2) is 54.9 Å². The average Bonchev–Trinajstić information content (AvgIpc) is 3.46. The predicted octanol–water partition coefficient (Wildman–Crippen LogP) is 4.69. The number of nitrogens with zero attached hydrogens (tertiary/aromatic N) is 5. The molecule has 0 aliphatic heterocycles. The van der Waals surface area contributed by atoms with Gasteiger partial charge in [-0.1, -0.05) is 24.3 Å². The van der Waals surface area contributed by atoms with Gasteiger partial charge in [0.1, 0.15) is 11.4 Å². The molecule has 0 saturated carbocycles. The van der Waals surface area contributed by atoms with E-state index in [0.717, 1.165) is 46.9 Å². The van der Waals surface area contributed by atoms with Crippen molar-refractivity contribution in [1.82, 2.24) is 19.3 Å². The number of nitriles is 1. The Morgan fingerprint density at radius 3 is 2.47 bits per heavy atom. The minimum atomic E-state index is 0. The van der Waals surface area contributed by atoms with Gasteiger partial charge in [-0.2, -0.15) is 23.9 Å². The van der Waals surface area contributed by atoms with Crippen LogP contribution >= 0.6 is 13.5 Å². The first-order valence-corrected chi connectivity index (χ1v) is 10.4. The molecular weight excluding hydrogens is 418 g/mol. The van der Waals surface area contributed by atoms with Crippen LogP contribution in [0, 0.1) is 25.2 Å². The number of aryl methyl sites for hydroxylation is 1. The molecule has 7 heteroatoms. The first-order chi connectivity index (χ1) is 15.1. The van der Waals surface area contributed by atoms with Crippen LogP contribution in [-0.4, -0.2) is 26.4 Å². The SMILES string of the molecule is COc1ccccc1-n1nc2c(c1-c1ccc(C#N)cc1)C[C@H](n1cnc(C)c1C)C2.S. The van der Waals surface area contributed by atoms with Gasteiger partial charge in [0.15, 0.2) is 0 Å². The zero-order valence-corrected chi connectivity index (χ0v) is 19.3. The van der Waals surface area contributed by atoms with Crippen LogP contribution in [0.3, 0.4) is 0 Å². The van der Waals surface area contributed by atoms with Gasteiger partial charge >= 0.3 is 0 Å². The Hall–Kier alpha value is -3.50. The molecule has 0 N–H and O–H groups in total. The van der Waals surface area contributed by atoms with E-state index in [9.17, 15) is 5.26 Å². The maximum Gasteiger partial charge on any atom is 0.144 e. The number of fused-ring (bicyclic) bond motifs is 1. The molecular formula is C25H25N5OS. The molecule has 6 nitrogen and oxygen atoms in total. The van der Waals surface area contributed by atoms with Crippen LogP contribution < -0.4 is 4.74 Å². The van der Waals surface area contributed by atoms with Crippen LogP contribution in [-0.2, 0) is 12.8 Å². The Morgan fingerprint density at radius 2 is 1.81 bits per heavy atom. The number of benzene rings is 2. The third-order valence-corrected chi connectivity index (χ3v) is 6.22. The largest absolute Gasteiger partial charge is 0.494 e. The van der Waals surface area contributed by atoms with E-state index in [1.54, 1.807) is 7.11 Å². The predicted molar refractivity (Wildman–Crippen MR) is 129 cm³/mol. The highest BCUT2D eigenvalue weighted by Crippen LogP contribution is 2.40. The standard InChI is InChI=1S/C25H23N5O.H2S/c1-16-17(2)29(15-27-16)20-12-21-22(13-20)28-30(23-6-4-5-7-24(23)31-3)25(21)19-10-8-18(14-26)9-11-19;/h4-11,15,20H,12-13H2,1-3H3;1H2/t20-;/m0./s1. The molecule has 0 fully saturated rings. The molecule has 0 bridgehead atoms. The first kappa shape index (κ1) is 21.7. The normalized spacial score (nSPS) is 14.5. The monoisotopic (exact) mass is 443 g/mol. The molecule has 1 atom stereocenters. The lowest BCUT2D eigenvalue weighted by Gasteiger charge is -2.17. The molecule has 4 aromatic rings. The van der Waals surface area contributed by atoms with Gasteiger partial charge < -0.3 is 9.30 Å². The zero-order chi connectivity index (χ0) is 21.5. The fourth-order valence-electron chi connectivity index (χ4n) is 4.46.